The number of nitrogens with zero attached hydrogens (tertiary/aromatic N) is 2. The lowest BCUT2D eigenvalue weighted by atomic mass is 10.1. The minimum Gasteiger partial charge on any atom is -0.497 e. The standard InChI is InChI=1S/C14H17N3O/c1-9(2)14-16-12(8-13(15)17-14)10-5-4-6-11(7-10)18-3/h4-9H,1-3H3,(H2,15,16,17). The molecule has 0 aliphatic rings. The zero-order valence-corrected chi connectivity index (χ0v) is 10.8. The van der Waals surface area contributed by atoms with Crippen molar-refractivity contribution in [3.63, 3.8) is 0 Å². The second-order valence-corrected chi connectivity index (χ2v) is 4.42. The molecule has 2 rings (SSSR count). The van der Waals surface area contributed by atoms with E-state index < -0.39 is 0 Å². The first kappa shape index (κ1) is 12.4. The first-order valence-electron chi connectivity index (χ1n) is 5.89. The highest BCUT2D eigenvalue weighted by molar-refractivity contribution is 5.63. The fraction of sp³-hybridized carbons (Fsp3) is 0.286. The highest BCUT2D eigenvalue weighted by Gasteiger charge is 2.08. The molecule has 0 radical (unpaired) electrons. The third-order valence-electron chi connectivity index (χ3n) is 2.65. The molecule has 1 heterocycles. The van der Waals surface area contributed by atoms with Crippen LogP contribution in [-0.2, 0) is 0 Å². The van der Waals surface area contributed by atoms with Crippen LogP contribution in [0.4, 0.5) is 5.82 Å². The van der Waals surface area contributed by atoms with Crippen LogP contribution in [0.5, 0.6) is 5.75 Å². The van der Waals surface area contributed by atoms with Crippen molar-refractivity contribution in [2.24, 2.45) is 0 Å². The molecule has 1 aromatic heterocycles. The topological polar surface area (TPSA) is 61.0 Å². The molecule has 0 amide bonds. The van der Waals surface area contributed by atoms with Crippen molar-refractivity contribution in [3.8, 4) is 17.0 Å². The molecule has 4 nitrogen and oxygen atoms in total. The van der Waals surface area contributed by atoms with Crippen molar-refractivity contribution in [1.82, 2.24) is 9.97 Å². The third-order valence-corrected chi connectivity index (χ3v) is 2.65. The van der Waals surface area contributed by atoms with Crippen LogP contribution in [0.15, 0.2) is 30.3 Å². The molecule has 0 aliphatic heterocycles. The summed E-state index contributed by atoms with van der Waals surface area (Å²) in [6, 6.07) is 9.53. The van der Waals surface area contributed by atoms with Crippen molar-refractivity contribution >= 4 is 5.82 Å². The number of nitrogens with two attached hydrogens (primary N) is 1. The number of methoxy groups -OCH3 is 1. The fourth-order valence-electron chi connectivity index (χ4n) is 1.67. The number of rotatable bonds is 3. The average molecular weight is 243 g/mol. The van der Waals surface area contributed by atoms with Gasteiger partial charge in [-0.25, -0.2) is 9.97 Å². The molecule has 0 saturated carbocycles. The van der Waals surface area contributed by atoms with E-state index in [9.17, 15) is 0 Å². The van der Waals surface area contributed by atoms with Gasteiger partial charge >= 0.3 is 0 Å². The maximum atomic E-state index is 5.82. The predicted octanol–water partition coefficient (Wildman–Crippen LogP) is 2.86. The number of hydrogen-bond donors (Lipinski definition) is 1. The summed E-state index contributed by atoms with van der Waals surface area (Å²) in [5, 5.41) is 0. The van der Waals surface area contributed by atoms with Crippen LogP contribution < -0.4 is 10.5 Å². The maximum absolute atomic E-state index is 5.82. The van der Waals surface area contributed by atoms with Crippen LogP contribution in [0.3, 0.4) is 0 Å². The zero-order chi connectivity index (χ0) is 13.1. The lowest BCUT2D eigenvalue weighted by molar-refractivity contribution is 0.415. The van der Waals surface area contributed by atoms with Gasteiger partial charge in [0.2, 0.25) is 0 Å². The van der Waals surface area contributed by atoms with Crippen molar-refractivity contribution in [3.05, 3.63) is 36.2 Å². The maximum Gasteiger partial charge on any atom is 0.133 e. The van der Waals surface area contributed by atoms with Gasteiger partial charge in [-0.1, -0.05) is 26.0 Å². The second-order valence-electron chi connectivity index (χ2n) is 4.42. The summed E-state index contributed by atoms with van der Waals surface area (Å²) in [6.45, 7) is 4.09. The molecule has 94 valence electrons. The molecule has 2 N–H and O–H groups in total. The van der Waals surface area contributed by atoms with Gasteiger partial charge in [0.25, 0.3) is 0 Å². The normalized spacial score (nSPS) is 10.7. The van der Waals surface area contributed by atoms with Crippen molar-refractivity contribution in [1.29, 1.82) is 0 Å². The van der Waals surface area contributed by atoms with E-state index in [2.05, 4.69) is 9.97 Å². The third kappa shape index (κ3) is 2.59. The van der Waals surface area contributed by atoms with Gasteiger partial charge in [0.1, 0.15) is 17.4 Å². The van der Waals surface area contributed by atoms with E-state index in [-0.39, 0.29) is 5.92 Å². The fourth-order valence-corrected chi connectivity index (χ4v) is 1.67. The SMILES string of the molecule is COc1cccc(-c2cc(N)nc(C(C)C)n2)c1. The van der Waals surface area contributed by atoms with E-state index in [0.29, 0.717) is 5.82 Å². The van der Waals surface area contributed by atoms with Crippen molar-refractivity contribution in [2.45, 2.75) is 19.8 Å². The molecule has 1 aromatic carbocycles. The highest BCUT2D eigenvalue weighted by Crippen LogP contribution is 2.24. The molecule has 0 fully saturated rings. The zero-order valence-electron chi connectivity index (χ0n) is 10.8. The van der Waals surface area contributed by atoms with E-state index in [1.165, 1.54) is 0 Å². The quantitative estimate of drug-likeness (QED) is 0.900. The first-order valence-corrected chi connectivity index (χ1v) is 5.89. The van der Waals surface area contributed by atoms with E-state index in [1.807, 2.05) is 38.1 Å². The molecule has 0 bridgehead atoms. The predicted molar refractivity (Wildman–Crippen MR) is 72.5 cm³/mol. The molecule has 0 unspecified atom stereocenters. The van der Waals surface area contributed by atoms with Gasteiger partial charge < -0.3 is 10.5 Å². The van der Waals surface area contributed by atoms with Gasteiger partial charge in [-0.05, 0) is 12.1 Å². The minimum absolute atomic E-state index is 0.248. The Morgan fingerprint density at radius 3 is 2.61 bits per heavy atom. The average Bonchev–Trinajstić information content (AvgIpc) is 2.38. The van der Waals surface area contributed by atoms with Gasteiger partial charge in [-0.3, -0.25) is 0 Å². The van der Waals surface area contributed by atoms with E-state index in [4.69, 9.17) is 10.5 Å². The van der Waals surface area contributed by atoms with E-state index in [0.717, 1.165) is 22.8 Å². The molecule has 0 aliphatic carbocycles. The molecule has 4 heteroatoms. The molecular formula is C14H17N3O. The Balaban J connectivity index is 2.49. The summed E-state index contributed by atoms with van der Waals surface area (Å²) in [5.41, 5.74) is 7.62. The first-order chi connectivity index (χ1) is 8.60. The Morgan fingerprint density at radius 1 is 1.17 bits per heavy atom. The molecule has 0 spiro atoms. The summed E-state index contributed by atoms with van der Waals surface area (Å²) in [4.78, 5) is 8.77. The number of hydrogen-bond acceptors (Lipinski definition) is 4. The monoisotopic (exact) mass is 243 g/mol. The van der Waals surface area contributed by atoms with Crippen LogP contribution >= 0.6 is 0 Å². The number of benzene rings is 1. The lowest BCUT2D eigenvalue weighted by Crippen LogP contribution is -2.02. The lowest BCUT2D eigenvalue weighted by Gasteiger charge is -2.09. The number of anilines is 1. The summed E-state index contributed by atoms with van der Waals surface area (Å²) in [7, 11) is 1.65. The largest absolute Gasteiger partial charge is 0.497 e. The van der Waals surface area contributed by atoms with E-state index >= 15 is 0 Å². The molecular weight excluding hydrogens is 226 g/mol. The highest BCUT2D eigenvalue weighted by atomic mass is 16.5. The van der Waals surface area contributed by atoms with Crippen molar-refractivity contribution in [2.75, 3.05) is 12.8 Å². The Morgan fingerprint density at radius 2 is 1.94 bits per heavy atom. The Bertz CT molecular complexity index is 552. The molecule has 0 atom stereocenters. The number of nitrogen functional groups attached to an aromatic ring is 1. The van der Waals surface area contributed by atoms with Crippen LogP contribution in [0.25, 0.3) is 11.3 Å². The number of aromatic nitrogens is 2. The van der Waals surface area contributed by atoms with Crippen LogP contribution in [0.1, 0.15) is 25.6 Å². The smallest absolute Gasteiger partial charge is 0.133 e. The van der Waals surface area contributed by atoms with Gasteiger partial charge in [-0.15, -0.1) is 0 Å². The summed E-state index contributed by atoms with van der Waals surface area (Å²) in [6.07, 6.45) is 0. The molecule has 18 heavy (non-hydrogen) atoms. The Hall–Kier alpha value is -2.10. The van der Waals surface area contributed by atoms with Crippen LogP contribution in [0, 0.1) is 0 Å². The summed E-state index contributed by atoms with van der Waals surface area (Å²) >= 11 is 0. The van der Waals surface area contributed by atoms with Gasteiger partial charge in [0.15, 0.2) is 0 Å². The van der Waals surface area contributed by atoms with Crippen molar-refractivity contribution < 1.29 is 4.74 Å². The Labute approximate surface area is 107 Å². The van der Waals surface area contributed by atoms with Gasteiger partial charge in [0, 0.05) is 17.5 Å². The van der Waals surface area contributed by atoms with E-state index in [1.54, 1.807) is 13.2 Å². The summed E-state index contributed by atoms with van der Waals surface area (Å²) < 4.78 is 5.21. The minimum atomic E-state index is 0.248. The van der Waals surface area contributed by atoms with Gasteiger partial charge in [-0.2, -0.15) is 0 Å². The second kappa shape index (κ2) is 5.04. The molecule has 2 aromatic rings. The number of ether oxygens (including phenoxy) is 1. The summed E-state index contributed by atoms with van der Waals surface area (Å²) in [5.74, 6) is 2.30. The van der Waals surface area contributed by atoms with Gasteiger partial charge in [0.05, 0.1) is 12.8 Å². The molecule has 0 saturated heterocycles. The Kier molecular flexibility index (Phi) is 3.46. The van der Waals surface area contributed by atoms with Crippen LogP contribution in [-0.4, -0.2) is 17.1 Å². The van der Waals surface area contributed by atoms with Crippen LogP contribution in [0.2, 0.25) is 0 Å².